The van der Waals surface area contributed by atoms with Crippen LogP contribution < -0.4 is 4.74 Å². The molecule has 0 bridgehead atoms. The van der Waals surface area contributed by atoms with Crippen LogP contribution in [0.1, 0.15) is 24.8 Å². The predicted molar refractivity (Wildman–Crippen MR) is 71.0 cm³/mol. The van der Waals surface area contributed by atoms with Crippen LogP contribution in [0.25, 0.3) is 5.57 Å². The molecular formula is C16H16O. The number of methoxy groups -OCH3 is 1. The van der Waals surface area contributed by atoms with Gasteiger partial charge < -0.3 is 4.74 Å². The summed E-state index contributed by atoms with van der Waals surface area (Å²) in [5.41, 5.74) is 5.78. The van der Waals surface area contributed by atoms with E-state index in [9.17, 15) is 0 Å². The van der Waals surface area contributed by atoms with Gasteiger partial charge in [-0.15, -0.1) is 0 Å². The number of hydrogen-bond donors (Lipinski definition) is 0. The van der Waals surface area contributed by atoms with E-state index in [0.29, 0.717) is 0 Å². The average Bonchev–Trinajstić information content (AvgIpc) is 2.83. The van der Waals surface area contributed by atoms with Crippen molar-refractivity contribution >= 4 is 5.57 Å². The number of hydrogen-bond acceptors (Lipinski definition) is 1. The topological polar surface area (TPSA) is 9.23 Å². The van der Waals surface area contributed by atoms with Crippen molar-refractivity contribution in [3.05, 3.63) is 59.2 Å². The smallest absolute Gasteiger partial charge is 0.118 e. The Kier molecular flexibility index (Phi) is 2.60. The first kappa shape index (κ1) is 10.4. The van der Waals surface area contributed by atoms with Gasteiger partial charge in [0.15, 0.2) is 0 Å². The SMILES string of the molecule is COc1ccc(C2=CCC3=C2CCC=C3)cc1. The molecule has 0 saturated heterocycles. The van der Waals surface area contributed by atoms with Crippen molar-refractivity contribution < 1.29 is 4.74 Å². The van der Waals surface area contributed by atoms with Crippen molar-refractivity contribution in [1.82, 2.24) is 0 Å². The van der Waals surface area contributed by atoms with Crippen molar-refractivity contribution in [2.45, 2.75) is 19.3 Å². The zero-order valence-corrected chi connectivity index (χ0v) is 10.1. The summed E-state index contributed by atoms with van der Waals surface area (Å²) in [6.45, 7) is 0. The molecule has 3 rings (SSSR count). The third-order valence-corrected chi connectivity index (χ3v) is 3.52. The summed E-state index contributed by atoms with van der Waals surface area (Å²) >= 11 is 0. The Hall–Kier alpha value is -1.76. The normalized spacial score (nSPS) is 18.1. The molecular weight excluding hydrogens is 208 g/mol. The quantitative estimate of drug-likeness (QED) is 0.734. The molecule has 0 aromatic heterocycles. The molecule has 0 spiro atoms. The lowest BCUT2D eigenvalue weighted by Gasteiger charge is -2.13. The second-order valence-corrected chi connectivity index (χ2v) is 4.50. The fourth-order valence-corrected chi connectivity index (χ4v) is 2.61. The maximum Gasteiger partial charge on any atom is 0.118 e. The van der Waals surface area contributed by atoms with E-state index in [1.165, 1.54) is 35.1 Å². The summed E-state index contributed by atoms with van der Waals surface area (Å²) in [7, 11) is 1.70. The van der Waals surface area contributed by atoms with Crippen LogP contribution in [0, 0.1) is 0 Å². The molecule has 0 amide bonds. The van der Waals surface area contributed by atoms with E-state index in [1.807, 2.05) is 12.1 Å². The van der Waals surface area contributed by atoms with Gasteiger partial charge >= 0.3 is 0 Å². The molecule has 0 radical (unpaired) electrons. The van der Waals surface area contributed by atoms with E-state index in [0.717, 1.165) is 12.2 Å². The van der Waals surface area contributed by atoms with E-state index >= 15 is 0 Å². The lowest BCUT2D eigenvalue weighted by molar-refractivity contribution is 0.415. The minimum Gasteiger partial charge on any atom is -0.497 e. The third kappa shape index (κ3) is 1.82. The lowest BCUT2D eigenvalue weighted by atomic mass is 9.92. The standard InChI is InChI=1S/C16H16O/c1-17-14-9-6-13(7-10-14)16-11-8-12-4-2-3-5-15(12)16/h2,4,6-7,9-11H,3,5,8H2,1H3. The third-order valence-electron chi connectivity index (χ3n) is 3.52. The van der Waals surface area contributed by atoms with Crippen molar-refractivity contribution in [3.8, 4) is 5.75 Å². The summed E-state index contributed by atoms with van der Waals surface area (Å²) in [6.07, 6.45) is 10.4. The maximum absolute atomic E-state index is 5.20. The van der Waals surface area contributed by atoms with Gasteiger partial charge in [0.1, 0.15) is 5.75 Å². The Balaban J connectivity index is 1.94. The Morgan fingerprint density at radius 3 is 2.71 bits per heavy atom. The minimum atomic E-state index is 0.921. The van der Waals surface area contributed by atoms with Crippen molar-refractivity contribution in [2.24, 2.45) is 0 Å². The summed E-state index contributed by atoms with van der Waals surface area (Å²) < 4.78 is 5.20. The molecule has 17 heavy (non-hydrogen) atoms. The molecule has 0 saturated carbocycles. The van der Waals surface area contributed by atoms with Gasteiger partial charge in [-0.3, -0.25) is 0 Å². The monoisotopic (exact) mass is 224 g/mol. The van der Waals surface area contributed by atoms with Gasteiger partial charge in [-0.2, -0.15) is 0 Å². The highest BCUT2D eigenvalue weighted by Gasteiger charge is 2.18. The molecule has 0 heterocycles. The van der Waals surface area contributed by atoms with Crippen molar-refractivity contribution in [2.75, 3.05) is 7.11 Å². The Morgan fingerprint density at radius 2 is 1.94 bits per heavy atom. The molecule has 2 aliphatic carbocycles. The summed E-state index contributed by atoms with van der Waals surface area (Å²) in [5.74, 6) is 0.921. The Morgan fingerprint density at radius 1 is 1.12 bits per heavy atom. The molecule has 0 N–H and O–H groups in total. The molecule has 1 aromatic carbocycles. The predicted octanol–water partition coefficient (Wildman–Crippen LogP) is 4.13. The van der Waals surface area contributed by atoms with Gasteiger partial charge in [-0.05, 0) is 53.7 Å². The highest BCUT2D eigenvalue weighted by Crippen LogP contribution is 2.39. The van der Waals surface area contributed by atoms with E-state index < -0.39 is 0 Å². The first-order chi connectivity index (χ1) is 8.38. The zero-order chi connectivity index (χ0) is 11.7. The van der Waals surface area contributed by atoms with Crippen LogP contribution in [0.2, 0.25) is 0 Å². The fourth-order valence-electron chi connectivity index (χ4n) is 2.61. The average molecular weight is 224 g/mol. The second kappa shape index (κ2) is 4.25. The van der Waals surface area contributed by atoms with E-state index in [4.69, 9.17) is 4.74 Å². The van der Waals surface area contributed by atoms with Gasteiger partial charge in [0.05, 0.1) is 7.11 Å². The van der Waals surface area contributed by atoms with Crippen LogP contribution in [-0.2, 0) is 0 Å². The van der Waals surface area contributed by atoms with Crippen LogP contribution in [0.15, 0.2) is 53.6 Å². The Labute approximate surface area is 102 Å². The van der Waals surface area contributed by atoms with E-state index in [-0.39, 0.29) is 0 Å². The van der Waals surface area contributed by atoms with Crippen molar-refractivity contribution in [1.29, 1.82) is 0 Å². The van der Waals surface area contributed by atoms with Gasteiger partial charge in [0.25, 0.3) is 0 Å². The highest BCUT2D eigenvalue weighted by atomic mass is 16.5. The number of rotatable bonds is 2. The molecule has 0 fully saturated rings. The lowest BCUT2D eigenvalue weighted by Crippen LogP contribution is -1.93. The van der Waals surface area contributed by atoms with Crippen LogP contribution in [0.4, 0.5) is 0 Å². The zero-order valence-electron chi connectivity index (χ0n) is 10.1. The van der Waals surface area contributed by atoms with Gasteiger partial charge in [-0.1, -0.05) is 30.4 Å². The number of allylic oxidation sites excluding steroid dienone is 6. The summed E-state index contributed by atoms with van der Waals surface area (Å²) in [4.78, 5) is 0. The van der Waals surface area contributed by atoms with Gasteiger partial charge in [0, 0.05) is 0 Å². The fraction of sp³-hybridized carbons (Fsp3) is 0.250. The number of benzene rings is 1. The molecule has 1 aromatic rings. The molecule has 1 nitrogen and oxygen atoms in total. The second-order valence-electron chi connectivity index (χ2n) is 4.50. The minimum absolute atomic E-state index is 0.921. The van der Waals surface area contributed by atoms with Crippen LogP contribution >= 0.6 is 0 Å². The number of ether oxygens (including phenoxy) is 1. The van der Waals surface area contributed by atoms with E-state index in [2.05, 4.69) is 30.4 Å². The maximum atomic E-state index is 5.20. The van der Waals surface area contributed by atoms with Crippen molar-refractivity contribution in [3.63, 3.8) is 0 Å². The molecule has 2 aliphatic rings. The highest BCUT2D eigenvalue weighted by molar-refractivity contribution is 5.84. The molecule has 86 valence electrons. The van der Waals surface area contributed by atoms with Gasteiger partial charge in [0.2, 0.25) is 0 Å². The molecule has 0 atom stereocenters. The first-order valence-electron chi connectivity index (χ1n) is 6.12. The Bertz CT molecular complexity index is 515. The first-order valence-corrected chi connectivity index (χ1v) is 6.12. The van der Waals surface area contributed by atoms with Crippen LogP contribution in [-0.4, -0.2) is 7.11 Å². The van der Waals surface area contributed by atoms with E-state index in [1.54, 1.807) is 7.11 Å². The summed E-state index contributed by atoms with van der Waals surface area (Å²) in [6, 6.07) is 8.37. The van der Waals surface area contributed by atoms with Crippen LogP contribution in [0.5, 0.6) is 5.75 Å². The van der Waals surface area contributed by atoms with Gasteiger partial charge in [-0.25, -0.2) is 0 Å². The molecule has 1 heteroatoms. The molecule has 0 aliphatic heterocycles. The summed E-state index contributed by atoms with van der Waals surface area (Å²) in [5, 5.41) is 0. The van der Waals surface area contributed by atoms with Crippen LogP contribution in [0.3, 0.4) is 0 Å². The largest absolute Gasteiger partial charge is 0.497 e. The molecule has 0 unspecified atom stereocenters.